The van der Waals surface area contributed by atoms with Crippen molar-refractivity contribution >= 4 is 17.8 Å². The lowest BCUT2D eigenvalue weighted by atomic mass is 10.1. The Hall–Kier alpha value is -4.26. The van der Waals surface area contributed by atoms with Gasteiger partial charge in [-0.15, -0.1) is 0 Å². The predicted molar refractivity (Wildman–Crippen MR) is 117 cm³/mol. The highest BCUT2D eigenvalue weighted by molar-refractivity contribution is 6.14. The van der Waals surface area contributed by atoms with Gasteiger partial charge in [-0.2, -0.15) is 0 Å². The Bertz CT molecular complexity index is 1190. The number of rotatable bonds is 6. The van der Waals surface area contributed by atoms with Crippen molar-refractivity contribution in [3.8, 4) is 28.7 Å². The monoisotopic (exact) mass is 432 g/mol. The summed E-state index contributed by atoms with van der Waals surface area (Å²) in [6, 6.07) is 17.0. The van der Waals surface area contributed by atoms with Crippen molar-refractivity contribution in [1.29, 1.82) is 0 Å². The minimum atomic E-state index is -0.631. The maximum Gasteiger partial charge on any atom is 0.343 e. The Morgan fingerprint density at radius 1 is 0.875 bits per heavy atom. The third-order valence-electron chi connectivity index (χ3n) is 4.85. The molecule has 7 heteroatoms. The summed E-state index contributed by atoms with van der Waals surface area (Å²) in [5.41, 5.74) is 1.46. The second-order valence-corrected chi connectivity index (χ2v) is 6.81. The Balaban J connectivity index is 1.57. The topological polar surface area (TPSA) is 80.3 Å². The average Bonchev–Trinajstić information content (AvgIpc) is 3.12. The molecule has 0 bridgehead atoms. The average molecular weight is 432 g/mol. The number of ether oxygens (including phenoxy) is 5. The number of hydrogen-bond donors (Lipinski definition) is 0. The molecule has 0 aromatic heterocycles. The van der Waals surface area contributed by atoms with Crippen LogP contribution in [0.5, 0.6) is 28.7 Å². The zero-order valence-corrected chi connectivity index (χ0v) is 17.7. The van der Waals surface area contributed by atoms with E-state index in [0.29, 0.717) is 28.6 Å². The third-order valence-corrected chi connectivity index (χ3v) is 4.85. The molecule has 0 saturated carbocycles. The van der Waals surface area contributed by atoms with E-state index in [2.05, 4.69) is 0 Å². The van der Waals surface area contributed by atoms with Crippen molar-refractivity contribution in [2.45, 2.75) is 0 Å². The number of ketones is 1. The van der Waals surface area contributed by atoms with Crippen molar-refractivity contribution < 1.29 is 33.3 Å². The largest absolute Gasteiger partial charge is 0.493 e. The van der Waals surface area contributed by atoms with Crippen molar-refractivity contribution in [2.24, 2.45) is 0 Å². The fraction of sp³-hybridized carbons (Fsp3) is 0.120. The van der Waals surface area contributed by atoms with Crippen LogP contribution in [-0.4, -0.2) is 33.1 Å². The Morgan fingerprint density at radius 2 is 1.56 bits per heavy atom. The zero-order valence-electron chi connectivity index (χ0n) is 17.7. The van der Waals surface area contributed by atoms with Gasteiger partial charge in [-0.05, 0) is 35.9 Å². The second kappa shape index (κ2) is 8.85. The molecular formula is C25H20O7. The first kappa shape index (κ1) is 21.0. The SMILES string of the molecule is COc1cc(C(=O)Oc2ccc3c(c2)O/C(=C\c2ccccc2)C3=O)cc(OC)c1OC. The molecule has 1 heterocycles. The number of methoxy groups -OCH3 is 3. The van der Waals surface area contributed by atoms with Crippen LogP contribution in [0.4, 0.5) is 0 Å². The van der Waals surface area contributed by atoms with E-state index in [9.17, 15) is 9.59 Å². The van der Waals surface area contributed by atoms with Crippen molar-refractivity contribution in [1.82, 2.24) is 0 Å². The number of fused-ring (bicyclic) bond motifs is 1. The quantitative estimate of drug-likeness (QED) is 0.321. The third kappa shape index (κ3) is 4.00. The summed E-state index contributed by atoms with van der Waals surface area (Å²) in [5, 5.41) is 0. The lowest BCUT2D eigenvalue weighted by Crippen LogP contribution is -2.09. The van der Waals surface area contributed by atoms with E-state index in [1.54, 1.807) is 18.2 Å². The normalized spacial score (nSPS) is 13.3. The van der Waals surface area contributed by atoms with Gasteiger partial charge in [0.2, 0.25) is 11.5 Å². The Kier molecular flexibility index (Phi) is 5.81. The predicted octanol–water partition coefficient (Wildman–Crippen LogP) is 4.55. The van der Waals surface area contributed by atoms with Gasteiger partial charge in [0.1, 0.15) is 11.5 Å². The van der Waals surface area contributed by atoms with E-state index < -0.39 is 5.97 Å². The van der Waals surface area contributed by atoms with Crippen LogP contribution < -0.4 is 23.7 Å². The number of allylic oxidation sites excluding steroid dienone is 1. The zero-order chi connectivity index (χ0) is 22.7. The van der Waals surface area contributed by atoms with Gasteiger partial charge in [-0.3, -0.25) is 4.79 Å². The highest BCUT2D eigenvalue weighted by atomic mass is 16.5. The molecule has 0 spiro atoms. The smallest absolute Gasteiger partial charge is 0.343 e. The summed E-state index contributed by atoms with van der Waals surface area (Å²) in [4.78, 5) is 25.3. The van der Waals surface area contributed by atoms with Crippen LogP contribution in [0.3, 0.4) is 0 Å². The van der Waals surface area contributed by atoms with Crippen LogP contribution >= 0.6 is 0 Å². The molecule has 0 amide bonds. The number of Topliss-reactive ketones (excluding diaryl/α,β-unsaturated/α-hetero) is 1. The molecule has 0 radical (unpaired) electrons. The van der Waals surface area contributed by atoms with Crippen LogP contribution in [-0.2, 0) is 0 Å². The van der Waals surface area contributed by atoms with Gasteiger partial charge in [0, 0.05) is 6.07 Å². The van der Waals surface area contributed by atoms with Gasteiger partial charge in [-0.1, -0.05) is 30.3 Å². The van der Waals surface area contributed by atoms with Crippen molar-refractivity contribution in [3.63, 3.8) is 0 Å². The van der Waals surface area contributed by atoms with E-state index >= 15 is 0 Å². The molecule has 0 aliphatic carbocycles. The summed E-state index contributed by atoms with van der Waals surface area (Å²) in [6.07, 6.45) is 1.67. The molecule has 0 atom stereocenters. The number of carbonyl (C=O) groups is 2. The molecule has 1 aliphatic heterocycles. The van der Waals surface area contributed by atoms with Crippen LogP contribution in [0, 0.1) is 0 Å². The van der Waals surface area contributed by atoms with Crippen molar-refractivity contribution in [3.05, 3.63) is 83.1 Å². The van der Waals surface area contributed by atoms with Crippen LogP contribution in [0.15, 0.2) is 66.4 Å². The molecule has 7 nitrogen and oxygen atoms in total. The molecule has 0 fully saturated rings. The number of esters is 1. The van der Waals surface area contributed by atoms with Gasteiger partial charge < -0.3 is 23.7 Å². The molecular weight excluding hydrogens is 412 g/mol. The van der Waals surface area contributed by atoms with Gasteiger partial charge in [-0.25, -0.2) is 4.79 Å². The number of carbonyl (C=O) groups excluding carboxylic acids is 2. The standard InChI is InChI=1S/C25H20O7/c1-28-21-12-16(13-22(29-2)24(21)30-3)25(27)31-17-9-10-18-19(14-17)32-20(23(18)26)11-15-7-5-4-6-8-15/h4-14H,1-3H3/b20-11-. The molecule has 0 saturated heterocycles. The minimum Gasteiger partial charge on any atom is -0.493 e. The van der Waals surface area contributed by atoms with Gasteiger partial charge in [0.05, 0.1) is 32.5 Å². The Morgan fingerprint density at radius 3 is 2.19 bits per heavy atom. The van der Waals surface area contributed by atoms with Crippen LogP contribution in [0.2, 0.25) is 0 Å². The van der Waals surface area contributed by atoms with Gasteiger partial charge in [0.15, 0.2) is 17.3 Å². The van der Waals surface area contributed by atoms with E-state index in [4.69, 9.17) is 23.7 Å². The summed E-state index contributed by atoms with van der Waals surface area (Å²) in [5.74, 6) is 0.936. The lowest BCUT2D eigenvalue weighted by molar-refractivity contribution is 0.0733. The second-order valence-electron chi connectivity index (χ2n) is 6.81. The molecule has 1 aliphatic rings. The molecule has 0 unspecified atom stereocenters. The first-order chi connectivity index (χ1) is 15.5. The summed E-state index contributed by atoms with van der Waals surface area (Å²) in [6.45, 7) is 0. The molecule has 162 valence electrons. The van der Waals surface area contributed by atoms with E-state index in [-0.39, 0.29) is 22.9 Å². The molecule has 0 N–H and O–H groups in total. The van der Waals surface area contributed by atoms with Crippen molar-refractivity contribution in [2.75, 3.05) is 21.3 Å². The van der Waals surface area contributed by atoms with E-state index in [1.807, 2.05) is 30.3 Å². The first-order valence-electron chi connectivity index (χ1n) is 9.69. The van der Waals surface area contributed by atoms with E-state index in [0.717, 1.165) is 5.56 Å². The molecule has 4 rings (SSSR count). The van der Waals surface area contributed by atoms with Crippen LogP contribution in [0.1, 0.15) is 26.3 Å². The maximum atomic E-state index is 12.7. The fourth-order valence-corrected chi connectivity index (χ4v) is 3.30. The summed E-state index contributed by atoms with van der Waals surface area (Å²) >= 11 is 0. The first-order valence-corrected chi connectivity index (χ1v) is 9.69. The van der Waals surface area contributed by atoms with Gasteiger partial charge >= 0.3 is 5.97 Å². The molecule has 3 aromatic carbocycles. The summed E-state index contributed by atoms with van der Waals surface area (Å²) in [7, 11) is 4.40. The van der Waals surface area contributed by atoms with Crippen LogP contribution in [0.25, 0.3) is 6.08 Å². The van der Waals surface area contributed by atoms with E-state index in [1.165, 1.54) is 39.5 Å². The summed E-state index contributed by atoms with van der Waals surface area (Å²) < 4.78 is 27.0. The highest BCUT2D eigenvalue weighted by Crippen LogP contribution is 2.39. The fourth-order valence-electron chi connectivity index (χ4n) is 3.30. The molecule has 32 heavy (non-hydrogen) atoms. The molecule has 3 aromatic rings. The minimum absolute atomic E-state index is 0.208. The maximum absolute atomic E-state index is 12.7. The Labute approximate surface area is 184 Å². The lowest BCUT2D eigenvalue weighted by Gasteiger charge is -2.13. The number of hydrogen-bond acceptors (Lipinski definition) is 7. The van der Waals surface area contributed by atoms with Gasteiger partial charge in [0.25, 0.3) is 0 Å². The highest BCUT2D eigenvalue weighted by Gasteiger charge is 2.28. The number of benzene rings is 3.